The van der Waals surface area contributed by atoms with Gasteiger partial charge >= 0.3 is 14.0 Å². The number of hydrogen-bond donors (Lipinski definition) is 2. The number of aromatic carboxylic acids is 1. The summed E-state index contributed by atoms with van der Waals surface area (Å²) in [6, 6.07) is 14.9. The number of benzene rings is 2. The molecule has 0 aliphatic carbocycles. The Bertz CT molecular complexity index is 522. The van der Waals surface area contributed by atoms with Gasteiger partial charge in [0.25, 0.3) is 0 Å². The first-order valence-electron chi connectivity index (χ1n) is 5.35. The van der Waals surface area contributed by atoms with E-state index >= 15 is 0 Å². The second kappa shape index (κ2) is 7.38. The zero-order chi connectivity index (χ0) is 14.3. The Balaban J connectivity index is 0.000000218. The highest BCUT2D eigenvalue weighted by Gasteiger charge is 2.08. The number of carboxylic acid groups (broad SMARTS) is 1. The zero-order valence-electron chi connectivity index (χ0n) is 10.0. The largest absolute Gasteiger partial charge is 0.591 e. The average molecular weight is 278 g/mol. The third-order valence-corrected chi connectivity index (χ3v) is 2.89. The lowest BCUT2D eigenvalue weighted by atomic mass is 10.2. The molecule has 2 aromatic rings. The van der Waals surface area contributed by atoms with Crippen LogP contribution in [0.5, 0.6) is 0 Å². The van der Waals surface area contributed by atoms with Crippen LogP contribution in [-0.2, 0) is 4.57 Å². The van der Waals surface area contributed by atoms with Gasteiger partial charge in [-0.2, -0.15) is 0 Å². The molecule has 5 nitrogen and oxygen atoms in total. The number of rotatable bonds is 2. The van der Waals surface area contributed by atoms with E-state index in [1.807, 2.05) is 30.3 Å². The Morgan fingerprint density at radius 1 is 1.05 bits per heavy atom. The van der Waals surface area contributed by atoms with E-state index in [1.54, 1.807) is 0 Å². The number of carboxylic acids is 1. The maximum absolute atomic E-state index is 10.4. The topological polar surface area (TPSA) is 105 Å². The number of carbonyl (C=O) groups is 1. The quantitative estimate of drug-likeness (QED) is 0.787. The Kier molecular flexibility index (Phi) is 5.82. The van der Waals surface area contributed by atoms with Gasteiger partial charge in [0.1, 0.15) is 5.69 Å². The molecule has 0 aliphatic rings. The lowest BCUT2D eigenvalue weighted by Gasteiger charge is -1.92. The zero-order valence-corrected chi connectivity index (χ0v) is 10.9. The second-order valence-corrected chi connectivity index (χ2v) is 4.63. The smallest absolute Gasteiger partial charge is 0.348 e. The molecule has 0 saturated heterocycles. The van der Waals surface area contributed by atoms with Crippen LogP contribution in [0.2, 0.25) is 0 Å². The molecule has 2 aromatic carbocycles. The molecule has 98 valence electrons. The van der Waals surface area contributed by atoms with Crippen molar-refractivity contribution in [2.75, 3.05) is 0 Å². The minimum Gasteiger partial charge on any atom is -0.591 e. The highest BCUT2D eigenvalue weighted by Crippen LogP contribution is 2.08. The monoisotopic (exact) mass is 278 g/mol. The van der Waals surface area contributed by atoms with Crippen LogP contribution in [0, 0.1) is 0 Å². The highest BCUT2D eigenvalue weighted by molar-refractivity contribution is 7.45. The van der Waals surface area contributed by atoms with E-state index in [0.29, 0.717) is 0 Å². The van der Waals surface area contributed by atoms with E-state index in [2.05, 4.69) is 5.73 Å². The molecule has 1 unspecified atom stereocenters. The van der Waals surface area contributed by atoms with E-state index in [9.17, 15) is 14.3 Å². The number of quaternary nitrogens is 1. The predicted molar refractivity (Wildman–Crippen MR) is 69.6 cm³/mol. The van der Waals surface area contributed by atoms with Gasteiger partial charge in [-0.1, -0.05) is 22.8 Å². The summed E-state index contributed by atoms with van der Waals surface area (Å²) in [5.41, 5.74) is 4.87. The van der Waals surface area contributed by atoms with Gasteiger partial charge in [0, 0.05) is 0 Å². The normalized spacial score (nSPS) is 10.1. The third kappa shape index (κ3) is 5.40. The van der Waals surface area contributed by atoms with E-state index in [4.69, 9.17) is 5.11 Å². The van der Waals surface area contributed by atoms with Crippen molar-refractivity contribution in [3.8, 4) is 0 Å². The summed E-state index contributed by atoms with van der Waals surface area (Å²) in [6.07, 6.45) is 0. The summed E-state index contributed by atoms with van der Waals surface area (Å²) in [7, 11) is -2.62. The van der Waals surface area contributed by atoms with Crippen molar-refractivity contribution in [2.24, 2.45) is 0 Å². The molecule has 0 aliphatic heterocycles. The van der Waals surface area contributed by atoms with Gasteiger partial charge in [-0.3, -0.25) is 0 Å². The van der Waals surface area contributed by atoms with Crippen molar-refractivity contribution in [3.63, 3.8) is 0 Å². The molecule has 0 saturated carbocycles. The SMILES string of the molecule is O=C(O)c1ccc([P+](=O)[O-])cc1.[NH3+]c1ccccc1. The first kappa shape index (κ1) is 15.0. The van der Waals surface area contributed by atoms with Gasteiger partial charge in [0.15, 0.2) is 5.30 Å². The molecule has 0 heterocycles. The molecule has 19 heavy (non-hydrogen) atoms. The van der Waals surface area contributed by atoms with Gasteiger partial charge in [0.05, 0.1) is 5.56 Å². The fourth-order valence-electron chi connectivity index (χ4n) is 1.20. The molecule has 0 amide bonds. The van der Waals surface area contributed by atoms with Crippen molar-refractivity contribution in [1.29, 1.82) is 0 Å². The Morgan fingerprint density at radius 2 is 1.58 bits per heavy atom. The van der Waals surface area contributed by atoms with Crippen LogP contribution < -0.4 is 15.9 Å². The van der Waals surface area contributed by atoms with Gasteiger partial charge in [-0.05, 0) is 36.4 Å². The van der Waals surface area contributed by atoms with Gasteiger partial charge in [-0.15, -0.1) is 0 Å². The molecule has 0 fully saturated rings. The minimum atomic E-state index is -2.62. The fourth-order valence-corrected chi connectivity index (χ4v) is 1.60. The molecule has 0 radical (unpaired) electrons. The van der Waals surface area contributed by atoms with Gasteiger partial charge in [0.2, 0.25) is 0 Å². The summed E-state index contributed by atoms with van der Waals surface area (Å²) in [5, 5.41) is 8.58. The molecule has 6 heteroatoms. The molecule has 0 aromatic heterocycles. The third-order valence-electron chi connectivity index (χ3n) is 2.17. The van der Waals surface area contributed by atoms with Crippen LogP contribution in [0.4, 0.5) is 5.69 Å². The molecular formula is C13H13NO4P+. The van der Waals surface area contributed by atoms with Crippen LogP contribution >= 0.6 is 8.03 Å². The van der Waals surface area contributed by atoms with Crippen molar-refractivity contribution in [1.82, 2.24) is 0 Å². The maximum atomic E-state index is 10.4. The Hall–Kier alpha value is -2.07. The van der Waals surface area contributed by atoms with Gasteiger partial charge < -0.3 is 15.7 Å². The van der Waals surface area contributed by atoms with E-state index in [1.165, 1.54) is 24.3 Å². The summed E-state index contributed by atoms with van der Waals surface area (Å²) < 4.78 is 10.4. The first-order valence-corrected chi connectivity index (χ1v) is 6.53. The standard InChI is InChI=1S/C7H5O4P.C6H7N/c8-7(9)5-1-3-6(4-2-5)12(10)11;7-6-4-2-1-3-5-6/h1-4H,(H,8,9);1-5H,7H2/p+1. The van der Waals surface area contributed by atoms with Gasteiger partial charge in [-0.25, -0.2) is 4.79 Å². The van der Waals surface area contributed by atoms with Crippen LogP contribution in [-0.4, -0.2) is 11.1 Å². The van der Waals surface area contributed by atoms with E-state index in [0.717, 1.165) is 5.69 Å². The maximum Gasteiger partial charge on any atom is 0.348 e. The van der Waals surface area contributed by atoms with Crippen LogP contribution in [0.25, 0.3) is 0 Å². The lowest BCUT2D eigenvalue weighted by molar-refractivity contribution is -0.254. The molecule has 0 bridgehead atoms. The van der Waals surface area contributed by atoms with Crippen LogP contribution in [0.3, 0.4) is 0 Å². The van der Waals surface area contributed by atoms with E-state index < -0.39 is 14.0 Å². The van der Waals surface area contributed by atoms with Crippen molar-refractivity contribution in [3.05, 3.63) is 60.2 Å². The summed E-state index contributed by atoms with van der Waals surface area (Å²) in [4.78, 5) is 20.7. The highest BCUT2D eigenvalue weighted by atomic mass is 31.1. The fraction of sp³-hybridized carbons (Fsp3) is 0. The summed E-state index contributed by atoms with van der Waals surface area (Å²) in [5.74, 6) is -1.07. The number of hydrogen-bond acceptors (Lipinski definition) is 3. The Labute approximate surface area is 111 Å². The molecule has 1 atom stereocenters. The molecule has 2 rings (SSSR count). The lowest BCUT2D eigenvalue weighted by Crippen LogP contribution is -2.39. The van der Waals surface area contributed by atoms with E-state index in [-0.39, 0.29) is 10.9 Å². The summed E-state index contributed by atoms with van der Waals surface area (Å²) in [6.45, 7) is 0. The van der Waals surface area contributed by atoms with Crippen molar-refractivity contribution < 1.29 is 25.1 Å². The van der Waals surface area contributed by atoms with Crippen LogP contribution in [0.15, 0.2) is 54.6 Å². The van der Waals surface area contributed by atoms with Crippen molar-refractivity contribution in [2.45, 2.75) is 0 Å². The first-order chi connectivity index (χ1) is 9.00. The average Bonchev–Trinajstić information content (AvgIpc) is 2.40. The summed E-state index contributed by atoms with van der Waals surface area (Å²) >= 11 is 0. The Morgan fingerprint density at radius 3 is 1.89 bits per heavy atom. The molecule has 0 spiro atoms. The van der Waals surface area contributed by atoms with Crippen molar-refractivity contribution >= 4 is 25.0 Å². The predicted octanol–water partition coefficient (Wildman–Crippen LogP) is 0.673. The van der Waals surface area contributed by atoms with Crippen LogP contribution in [0.1, 0.15) is 10.4 Å². The molecular weight excluding hydrogens is 265 g/mol. The minimum absolute atomic E-state index is 0.0793. The second-order valence-electron chi connectivity index (χ2n) is 3.59. The molecule has 4 N–H and O–H groups in total.